The highest BCUT2D eigenvalue weighted by Crippen LogP contribution is 2.30. The first-order valence-corrected chi connectivity index (χ1v) is 15.2. The molecule has 1 saturated carbocycles. The maximum atomic E-state index is 12.3. The molecule has 1 aromatic heterocycles. The molecule has 39 heavy (non-hydrogen) atoms. The van der Waals surface area contributed by atoms with Crippen LogP contribution < -0.4 is 4.74 Å². The molecule has 1 amide bonds. The molecular formula is C33H49N3O3. The van der Waals surface area contributed by atoms with Gasteiger partial charge in [-0.1, -0.05) is 50.7 Å². The van der Waals surface area contributed by atoms with Gasteiger partial charge in [0.1, 0.15) is 17.2 Å². The van der Waals surface area contributed by atoms with Gasteiger partial charge in [0.25, 0.3) is 0 Å². The molecule has 2 heterocycles. The van der Waals surface area contributed by atoms with Crippen LogP contribution in [0.3, 0.4) is 0 Å². The van der Waals surface area contributed by atoms with Crippen molar-refractivity contribution in [1.29, 1.82) is 0 Å². The summed E-state index contributed by atoms with van der Waals surface area (Å²) in [5.74, 6) is 3.45. The molecule has 214 valence electrons. The van der Waals surface area contributed by atoms with E-state index in [4.69, 9.17) is 14.5 Å². The lowest BCUT2D eigenvalue weighted by molar-refractivity contribution is 0.0181. The van der Waals surface area contributed by atoms with Gasteiger partial charge in [-0.25, -0.2) is 14.8 Å². The first-order valence-electron chi connectivity index (χ1n) is 15.2. The Morgan fingerprint density at radius 1 is 0.974 bits per heavy atom. The van der Waals surface area contributed by atoms with Gasteiger partial charge in [0, 0.05) is 31.4 Å². The third kappa shape index (κ3) is 9.51. The van der Waals surface area contributed by atoms with E-state index in [1.165, 1.54) is 56.1 Å². The Kier molecular flexibility index (Phi) is 10.6. The number of nitrogens with zero attached hydrogens (tertiary/aromatic N) is 3. The number of carbonyl (C=O) groups excluding carboxylic acids is 1. The minimum Gasteiger partial charge on any atom is -0.496 e. The van der Waals surface area contributed by atoms with Crippen LogP contribution in [0.15, 0.2) is 30.5 Å². The van der Waals surface area contributed by atoms with Gasteiger partial charge >= 0.3 is 6.09 Å². The number of benzene rings is 1. The van der Waals surface area contributed by atoms with Gasteiger partial charge in [0.15, 0.2) is 0 Å². The average Bonchev–Trinajstić information content (AvgIpc) is 3.43. The van der Waals surface area contributed by atoms with E-state index in [1.807, 2.05) is 37.9 Å². The predicted octanol–water partition coefficient (Wildman–Crippen LogP) is 7.56. The molecule has 0 bridgehead atoms. The molecule has 2 fully saturated rings. The summed E-state index contributed by atoms with van der Waals surface area (Å²) in [7, 11) is 1.77. The van der Waals surface area contributed by atoms with Gasteiger partial charge in [-0.05, 0) is 94.4 Å². The van der Waals surface area contributed by atoms with Gasteiger partial charge in [-0.3, -0.25) is 0 Å². The molecule has 0 spiro atoms. The molecule has 0 atom stereocenters. The molecule has 6 heteroatoms. The Bertz CT molecular complexity index is 1050. The number of piperidine rings is 1. The zero-order chi connectivity index (χ0) is 27.7. The van der Waals surface area contributed by atoms with Crippen LogP contribution in [0.2, 0.25) is 0 Å². The lowest BCUT2D eigenvalue weighted by Crippen LogP contribution is -2.41. The van der Waals surface area contributed by atoms with Crippen LogP contribution in [0.5, 0.6) is 5.75 Å². The fraction of sp³-hybridized carbons (Fsp3) is 0.667. The molecule has 0 unspecified atom stereocenters. The normalized spacial score (nSPS) is 17.0. The van der Waals surface area contributed by atoms with E-state index in [0.717, 1.165) is 74.8 Å². The molecule has 0 radical (unpaired) electrons. The Labute approximate surface area is 235 Å². The number of unbranched alkanes of at least 4 members (excludes halogenated alkanes) is 1. The molecule has 4 rings (SSSR count). The van der Waals surface area contributed by atoms with Crippen molar-refractivity contribution < 1.29 is 14.3 Å². The molecule has 2 aromatic rings. The van der Waals surface area contributed by atoms with Gasteiger partial charge in [0.2, 0.25) is 0 Å². The van der Waals surface area contributed by atoms with Crippen molar-refractivity contribution in [3.63, 3.8) is 0 Å². The van der Waals surface area contributed by atoms with Crippen molar-refractivity contribution in [3.8, 4) is 5.75 Å². The Morgan fingerprint density at radius 3 is 2.44 bits per heavy atom. The van der Waals surface area contributed by atoms with Crippen molar-refractivity contribution in [1.82, 2.24) is 14.9 Å². The molecule has 6 nitrogen and oxygen atoms in total. The van der Waals surface area contributed by atoms with Gasteiger partial charge in [-0.2, -0.15) is 0 Å². The lowest BCUT2D eigenvalue weighted by atomic mass is 9.91. The topological polar surface area (TPSA) is 64.5 Å². The number of ether oxygens (including phenoxy) is 2. The monoisotopic (exact) mass is 535 g/mol. The highest BCUT2D eigenvalue weighted by molar-refractivity contribution is 5.68. The zero-order valence-corrected chi connectivity index (χ0v) is 24.7. The fourth-order valence-corrected chi connectivity index (χ4v) is 6.12. The quantitative estimate of drug-likeness (QED) is 0.278. The summed E-state index contributed by atoms with van der Waals surface area (Å²) in [6.07, 6.45) is 17.2. The second-order valence-electron chi connectivity index (χ2n) is 12.6. The largest absolute Gasteiger partial charge is 0.496 e. The van der Waals surface area contributed by atoms with E-state index >= 15 is 0 Å². The number of amides is 1. The number of hydrogen-bond acceptors (Lipinski definition) is 5. The standard InChI is InChI=1S/C33H49N3O3/c1-33(2,3)39-32(37)36-21-18-26(19-22-36)13-15-29-17-20-34-31(35-29)24-27-14-16-30(38-4)28(23-27)12-8-7-11-25-9-5-6-10-25/h14,16-17,20,23,25-26H,5-13,15,18-19,21-22,24H2,1-4H3. The molecule has 1 aromatic carbocycles. The van der Waals surface area contributed by atoms with E-state index in [-0.39, 0.29) is 6.09 Å². The lowest BCUT2D eigenvalue weighted by Gasteiger charge is -2.33. The van der Waals surface area contributed by atoms with Crippen LogP contribution in [0.1, 0.15) is 108 Å². The summed E-state index contributed by atoms with van der Waals surface area (Å²) >= 11 is 0. The number of aromatic nitrogens is 2. The van der Waals surface area contributed by atoms with E-state index in [1.54, 1.807) is 7.11 Å². The number of aryl methyl sites for hydroxylation is 2. The number of likely N-dealkylation sites (tertiary alicyclic amines) is 1. The summed E-state index contributed by atoms with van der Waals surface area (Å²) in [4.78, 5) is 23.7. The van der Waals surface area contributed by atoms with E-state index in [2.05, 4.69) is 23.2 Å². The fourth-order valence-electron chi connectivity index (χ4n) is 6.12. The third-order valence-corrected chi connectivity index (χ3v) is 8.33. The average molecular weight is 536 g/mol. The molecular weight excluding hydrogens is 486 g/mol. The molecule has 1 saturated heterocycles. The SMILES string of the molecule is COc1ccc(Cc2nccc(CCC3CCN(C(=O)OC(C)(C)C)CC3)n2)cc1CCCCC1CCCC1. The van der Waals surface area contributed by atoms with Crippen LogP contribution in [0.25, 0.3) is 0 Å². The first-order chi connectivity index (χ1) is 18.8. The zero-order valence-electron chi connectivity index (χ0n) is 24.7. The van der Waals surface area contributed by atoms with E-state index < -0.39 is 5.60 Å². The highest BCUT2D eigenvalue weighted by atomic mass is 16.6. The van der Waals surface area contributed by atoms with Crippen molar-refractivity contribution in [2.24, 2.45) is 11.8 Å². The molecule has 1 aliphatic carbocycles. The van der Waals surface area contributed by atoms with Gasteiger partial charge in [-0.15, -0.1) is 0 Å². The first kappa shape index (κ1) is 29.4. The highest BCUT2D eigenvalue weighted by Gasteiger charge is 2.26. The summed E-state index contributed by atoms with van der Waals surface area (Å²) in [5.41, 5.74) is 3.21. The maximum Gasteiger partial charge on any atom is 0.410 e. The summed E-state index contributed by atoms with van der Waals surface area (Å²) in [6.45, 7) is 7.30. The summed E-state index contributed by atoms with van der Waals surface area (Å²) in [5, 5.41) is 0. The van der Waals surface area contributed by atoms with Gasteiger partial charge < -0.3 is 14.4 Å². The van der Waals surface area contributed by atoms with Crippen LogP contribution in [-0.4, -0.2) is 46.8 Å². The third-order valence-electron chi connectivity index (χ3n) is 8.33. The number of methoxy groups -OCH3 is 1. The second kappa shape index (κ2) is 14.1. The Hall–Kier alpha value is -2.63. The number of carbonyl (C=O) groups is 1. The van der Waals surface area contributed by atoms with Crippen molar-refractivity contribution in [2.45, 2.75) is 110 Å². The van der Waals surface area contributed by atoms with Crippen LogP contribution in [0.4, 0.5) is 4.79 Å². The molecule has 0 N–H and O–H groups in total. The van der Waals surface area contributed by atoms with Crippen LogP contribution >= 0.6 is 0 Å². The predicted molar refractivity (Wildman–Crippen MR) is 156 cm³/mol. The maximum absolute atomic E-state index is 12.3. The van der Waals surface area contributed by atoms with Crippen LogP contribution in [-0.2, 0) is 24.0 Å². The Morgan fingerprint density at radius 2 is 1.72 bits per heavy atom. The van der Waals surface area contributed by atoms with E-state index in [9.17, 15) is 4.79 Å². The van der Waals surface area contributed by atoms with Crippen LogP contribution in [0, 0.1) is 11.8 Å². The summed E-state index contributed by atoms with van der Waals surface area (Å²) in [6, 6.07) is 8.59. The summed E-state index contributed by atoms with van der Waals surface area (Å²) < 4.78 is 11.2. The van der Waals surface area contributed by atoms with Gasteiger partial charge in [0.05, 0.1) is 7.11 Å². The Balaban J connectivity index is 1.24. The van der Waals surface area contributed by atoms with E-state index in [0.29, 0.717) is 5.92 Å². The van der Waals surface area contributed by atoms with Crippen molar-refractivity contribution >= 4 is 6.09 Å². The minimum atomic E-state index is -0.444. The minimum absolute atomic E-state index is 0.188. The van der Waals surface area contributed by atoms with Crippen molar-refractivity contribution in [3.05, 3.63) is 53.1 Å². The second-order valence-corrected chi connectivity index (χ2v) is 12.6. The number of hydrogen-bond donors (Lipinski definition) is 0. The smallest absolute Gasteiger partial charge is 0.410 e. The molecule has 2 aliphatic rings. The van der Waals surface area contributed by atoms with Crippen molar-refractivity contribution in [2.75, 3.05) is 20.2 Å². The number of rotatable bonds is 11. The molecule has 1 aliphatic heterocycles.